The Morgan fingerprint density at radius 2 is 1.80 bits per heavy atom. The van der Waals surface area contributed by atoms with Gasteiger partial charge in [-0.15, -0.1) is 12.4 Å². The van der Waals surface area contributed by atoms with E-state index in [-0.39, 0.29) is 18.0 Å². The number of aryl methyl sites for hydroxylation is 1. The van der Waals surface area contributed by atoms with Gasteiger partial charge in [-0.05, 0) is 49.2 Å². The van der Waals surface area contributed by atoms with Crippen LogP contribution in [0.5, 0.6) is 5.75 Å². The topological polar surface area (TPSA) is 45.9 Å². The molecular formula is C23H26Cl2N2O3. The first-order valence-electron chi connectivity index (χ1n) is 9.99. The molecule has 0 spiro atoms. The van der Waals surface area contributed by atoms with Crippen LogP contribution < -0.4 is 15.3 Å². The number of fused-ring (bicyclic) bond motifs is 1. The lowest BCUT2D eigenvalue weighted by Gasteiger charge is -2.36. The minimum atomic E-state index is -0.346. The SMILES string of the molecule is Cc1ccc(Cl)cc1N1CCN(CCCOc2ccc3ccc(=O)oc3c2)CC1.Cl. The third-order valence-electron chi connectivity index (χ3n) is 5.37. The van der Waals surface area contributed by atoms with E-state index in [2.05, 4.69) is 28.9 Å². The second kappa shape index (κ2) is 10.2. The van der Waals surface area contributed by atoms with Crippen molar-refractivity contribution in [3.63, 3.8) is 0 Å². The summed E-state index contributed by atoms with van der Waals surface area (Å²) in [5.41, 5.74) is 2.72. The molecule has 0 atom stereocenters. The molecule has 0 aliphatic carbocycles. The molecule has 0 saturated carbocycles. The molecule has 0 unspecified atom stereocenters. The highest BCUT2D eigenvalue weighted by Crippen LogP contribution is 2.25. The van der Waals surface area contributed by atoms with Crippen LogP contribution in [0.25, 0.3) is 11.0 Å². The van der Waals surface area contributed by atoms with E-state index in [0.717, 1.165) is 55.3 Å². The number of halogens is 2. The Labute approximate surface area is 187 Å². The zero-order valence-corrected chi connectivity index (χ0v) is 18.5. The maximum Gasteiger partial charge on any atom is 0.336 e. The second-order valence-electron chi connectivity index (χ2n) is 7.42. The summed E-state index contributed by atoms with van der Waals surface area (Å²) in [6.45, 7) is 7.85. The highest BCUT2D eigenvalue weighted by atomic mass is 35.5. The Balaban J connectivity index is 0.00000256. The van der Waals surface area contributed by atoms with Crippen LogP contribution in [0.4, 0.5) is 5.69 Å². The van der Waals surface area contributed by atoms with Gasteiger partial charge in [0.2, 0.25) is 0 Å². The molecule has 1 fully saturated rings. The van der Waals surface area contributed by atoms with E-state index >= 15 is 0 Å². The first kappa shape index (κ1) is 22.5. The molecule has 7 heteroatoms. The van der Waals surface area contributed by atoms with E-state index in [4.69, 9.17) is 20.8 Å². The number of benzene rings is 2. The summed E-state index contributed by atoms with van der Waals surface area (Å²) in [5, 5.41) is 1.68. The quantitative estimate of drug-likeness (QED) is 0.401. The third kappa shape index (κ3) is 5.48. The minimum Gasteiger partial charge on any atom is -0.493 e. The van der Waals surface area contributed by atoms with Gasteiger partial charge in [-0.3, -0.25) is 4.90 Å². The van der Waals surface area contributed by atoms with E-state index in [1.54, 1.807) is 12.1 Å². The van der Waals surface area contributed by atoms with Crippen molar-refractivity contribution in [1.82, 2.24) is 4.90 Å². The Morgan fingerprint density at radius 1 is 1.03 bits per heavy atom. The van der Waals surface area contributed by atoms with E-state index in [1.165, 1.54) is 17.3 Å². The summed E-state index contributed by atoms with van der Waals surface area (Å²) >= 11 is 6.17. The minimum absolute atomic E-state index is 0. The monoisotopic (exact) mass is 448 g/mol. The molecule has 0 radical (unpaired) electrons. The van der Waals surface area contributed by atoms with Gasteiger partial charge in [-0.2, -0.15) is 0 Å². The molecule has 3 aromatic rings. The summed E-state index contributed by atoms with van der Waals surface area (Å²) in [6.07, 6.45) is 0.951. The Bertz CT molecular complexity index is 1050. The van der Waals surface area contributed by atoms with Crippen molar-refractivity contribution < 1.29 is 9.15 Å². The fourth-order valence-electron chi connectivity index (χ4n) is 3.74. The van der Waals surface area contributed by atoms with Gasteiger partial charge in [0.05, 0.1) is 6.61 Å². The maximum atomic E-state index is 11.4. The van der Waals surface area contributed by atoms with Gasteiger partial charge in [-0.25, -0.2) is 4.79 Å². The van der Waals surface area contributed by atoms with Gasteiger partial charge >= 0.3 is 5.63 Å². The van der Waals surface area contributed by atoms with Gasteiger partial charge in [0, 0.05) is 61.0 Å². The lowest BCUT2D eigenvalue weighted by atomic mass is 10.1. The average molecular weight is 449 g/mol. The van der Waals surface area contributed by atoms with Crippen LogP contribution in [0.3, 0.4) is 0 Å². The van der Waals surface area contributed by atoms with Crippen LogP contribution >= 0.6 is 24.0 Å². The van der Waals surface area contributed by atoms with Crippen LogP contribution in [0.1, 0.15) is 12.0 Å². The summed E-state index contributed by atoms with van der Waals surface area (Å²) < 4.78 is 11.1. The number of rotatable bonds is 6. The van der Waals surface area contributed by atoms with E-state index < -0.39 is 0 Å². The summed E-state index contributed by atoms with van der Waals surface area (Å²) in [7, 11) is 0. The van der Waals surface area contributed by atoms with Gasteiger partial charge in [0.15, 0.2) is 0 Å². The molecule has 4 rings (SSSR count). The van der Waals surface area contributed by atoms with Crippen LogP contribution in [0.2, 0.25) is 5.02 Å². The molecule has 2 heterocycles. The Morgan fingerprint density at radius 3 is 2.60 bits per heavy atom. The molecule has 2 aromatic carbocycles. The molecule has 160 valence electrons. The molecule has 0 bridgehead atoms. The summed E-state index contributed by atoms with van der Waals surface area (Å²) in [6, 6.07) is 14.9. The fourth-order valence-corrected chi connectivity index (χ4v) is 3.91. The maximum absolute atomic E-state index is 11.4. The van der Waals surface area contributed by atoms with Crippen LogP contribution in [0.15, 0.2) is 57.7 Å². The highest BCUT2D eigenvalue weighted by Gasteiger charge is 2.18. The zero-order valence-electron chi connectivity index (χ0n) is 17.0. The molecule has 0 N–H and O–H groups in total. The highest BCUT2D eigenvalue weighted by molar-refractivity contribution is 6.30. The molecule has 0 amide bonds. The molecule has 1 saturated heterocycles. The summed E-state index contributed by atoms with van der Waals surface area (Å²) in [5.74, 6) is 0.730. The van der Waals surface area contributed by atoms with Gasteiger partial charge in [-0.1, -0.05) is 17.7 Å². The van der Waals surface area contributed by atoms with Gasteiger partial charge in [0.25, 0.3) is 0 Å². The van der Waals surface area contributed by atoms with Crippen molar-refractivity contribution in [3.05, 3.63) is 69.5 Å². The van der Waals surface area contributed by atoms with E-state index in [0.29, 0.717) is 12.2 Å². The molecule has 1 aliphatic heterocycles. The van der Waals surface area contributed by atoms with Crippen molar-refractivity contribution in [1.29, 1.82) is 0 Å². The predicted molar refractivity (Wildman–Crippen MR) is 125 cm³/mol. The van der Waals surface area contributed by atoms with Crippen molar-refractivity contribution in [2.75, 3.05) is 44.2 Å². The molecule has 1 aromatic heterocycles. The number of piperazine rings is 1. The number of nitrogens with zero attached hydrogens (tertiary/aromatic N) is 2. The van der Waals surface area contributed by atoms with Crippen molar-refractivity contribution in [3.8, 4) is 5.75 Å². The molecule has 30 heavy (non-hydrogen) atoms. The molecular weight excluding hydrogens is 423 g/mol. The molecule has 5 nitrogen and oxygen atoms in total. The fraction of sp³-hybridized carbons (Fsp3) is 0.348. The van der Waals surface area contributed by atoms with Gasteiger partial charge < -0.3 is 14.1 Å². The normalized spacial score (nSPS) is 14.5. The van der Waals surface area contributed by atoms with E-state index in [9.17, 15) is 4.79 Å². The van der Waals surface area contributed by atoms with Crippen molar-refractivity contribution in [2.45, 2.75) is 13.3 Å². The van der Waals surface area contributed by atoms with Gasteiger partial charge in [0.1, 0.15) is 11.3 Å². The third-order valence-corrected chi connectivity index (χ3v) is 5.60. The first-order chi connectivity index (χ1) is 14.1. The largest absolute Gasteiger partial charge is 0.493 e. The number of hydrogen-bond acceptors (Lipinski definition) is 5. The average Bonchev–Trinajstić information content (AvgIpc) is 2.73. The van der Waals surface area contributed by atoms with Crippen LogP contribution in [-0.2, 0) is 0 Å². The lowest BCUT2D eigenvalue weighted by molar-refractivity contribution is 0.224. The predicted octanol–water partition coefficient (Wildman–Crippen LogP) is 4.77. The smallest absolute Gasteiger partial charge is 0.336 e. The van der Waals surface area contributed by atoms with Crippen molar-refractivity contribution >= 4 is 40.7 Å². The van der Waals surface area contributed by atoms with Crippen LogP contribution in [-0.4, -0.2) is 44.2 Å². The summed E-state index contributed by atoms with van der Waals surface area (Å²) in [4.78, 5) is 16.2. The Hall–Kier alpha value is -2.21. The first-order valence-corrected chi connectivity index (χ1v) is 10.4. The second-order valence-corrected chi connectivity index (χ2v) is 7.85. The molecule has 1 aliphatic rings. The standard InChI is InChI=1S/C23H25ClN2O3.ClH/c1-17-3-6-19(24)15-21(17)26-12-10-25(11-13-26)9-2-14-28-20-7-4-18-5-8-23(27)29-22(18)16-20;/h3-8,15-16H,2,9-14H2,1H3;1H. The number of hydrogen-bond donors (Lipinski definition) is 0. The zero-order chi connectivity index (χ0) is 20.2. The Kier molecular flexibility index (Phi) is 7.64. The van der Waals surface area contributed by atoms with Crippen LogP contribution in [0, 0.1) is 6.92 Å². The number of ether oxygens (including phenoxy) is 1. The van der Waals surface area contributed by atoms with Crippen molar-refractivity contribution in [2.24, 2.45) is 0 Å². The number of anilines is 1. The lowest BCUT2D eigenvalue weighted by Crippen LogP contribution is -2.47. The van der Waals surface area contributed by atoms with E-state index in [1.807, 2.05) is 18.2 Å².